The van der Waals surface area contributed by atoms with E-state index in [1.54, 1.807) is 58.9 Å². The van der Waals surface area contributed by atoms with Crippen molar-refractivity contribution in [3.8, 4) is 0 Å². The van der Waals surface area contributed by atoms with Gasteiger partial charge in [-0.05, 0) is 111 Å². The fraction of sp³-hybridized carbons (Fsp3) is 0.467. The van der Waals surface area contributed by atoms with Crippen molar-refractivity contribution in [2.45, 2.75) is 135 Å². The van der Waals surface area contributed by atoms with Crippen LogP contribution >= 0.6 is 15.9 Å². The molecule has 0 bridgehead atoms. The number of rotatable bonds is 17. The third kappa shape index (κ3) is 12.5. The lowest BCUT2D eigenvalue weighted by Gasteiger charge is -2.40. The zero-order valence-corrected chi connectivity index (χ0v) is 37.2. The second kappa shape index (κ2) is 18.7. The zero-order chi connectivity index (χ0) is 43.7. The minimum absolute atomic E-state index is 0.0738. The van der Waals surface area contributed by atoms with Gasteiger partial charge in [-0.15, -0.1) is 0 Å². The summed E-state index contributed by atoms with van der Waals surface area (Å²) >= 11 is 3.38. The lowest BCUT2D eigenvalue weighted by atomic mass is 9.84. The smallest absolute Gasteiger partial charge is 0.331 e. The summed E-state index contributed by atoms with van der Waals surface area (Å²) < 4.78 is 6.36. The van der Waals surface area contributed by atoms with E-state index in [0.29, 0.717) is 5.56 Å². The molecule has 5 amide bonds. The molecule has 0 spiro atoms. The van der Waals surface area contributed by atoms with Crippen LogP contribution in [0.5, 0.6) is 0 Å². The first-order valence-electron chi connectivity index (χ1n) is 19.5. The quantitative estimate of drug-likeness (QED) is 0.102. The van der Waals surface area contributed by atoms with Gasteiger partial charge in [-0.25, -0.2) is 4.79 Å². The molecule has 3 rings (SSSR count). The van der Waals surface area contributed by atoms with Gasteiger partial charge in [-0.2, -0.15) is 0 Å². The van der Waals surface area contributed by atoms with Gasteiger partial charge in [0.25, 0.3) is 5.91 Å². The number of halogens is 1. The average Bonchev–Trinajstić information content (AvgIpc) is 3.13. The van der Waals surface area contributed by atoms with Crippen molar-refractivity contribution in [2.75, 3.05) is 0 Å². The Kier molecular flexibility index (Phi) is 15.3. The van der Waals surface area contributed by atoms with E-state index in [0.717, 1.165) is 15.6 Å². The van der Waals surface area contributed by atoms with Gasteiger partial charge in [0.2, 0.25) is 23.6 Å². The van der Waals surface area contributed by atoms with Gasteiger partial charge in [0, 0.05) is 22.9 Å². The third-order valence-corrected chi connectivity index (χ3v) is 10.4. The Morgan fingerprint density at radius 3 is 1.29 bits per heavy atom. The molecule has 314 valence electrons. The number of esters is 1. The Bertz CT molecular complexity index is 1940. The molecule has 0 unspecified atom stereocenters. The highest BCUT2D eigenvalue weighted by molar-refractivity contribution is 9.10. The van der Waals surface area contributed by atoms with Crippen LogP contribution < -0.4 is 26.6 Å². The number of benzene rings is 3. The molecule has 5 N–H and O–H groups in total. The molecule has 3 aromatic rings. The van der Waals surface area contributed by atoms with Crippen LogP contribution in [0.4, 0.5) is 0 Å². The summed E-state index contributed by atoms with van der Waals surface area (Å²) in [5, 5.41) is 14.3. The summed E-state index contributed by atoms with van der Waals surface area (Å²) in [5.41, 5.74) is -6.58. The molecule has 0 saturated heterocycles. The molecule has 0 saturated carbocycles. The molecule has 12 nitrogen and oxygen atoms in total. The number of hydrogen-bond acceptors (Lipinski definition) is 7. The van der Waals surface area contributed by atoms with Gasteiger partial charge in [0.05, 0.1) is 0 Å². The van der Waals surface area contributed by atoms with E-state index in [1.807, 2.05) is 60.7 Å². The maximum absolute atomic E-state index is 14.4. The standard InChI is InChI=1S/C45H60BrN5O7/c1-12-44(28-30-20-16-14-17-21-30,47-34(52)32-24-26-33(46)27-25-32)37(55)49-41(6,7)35(53)48-42(8,9)36(54)51-45(13-2,29-31-22-18-15-19-23-31)38(56)50-43(10,11)39(57)58-40(3,4)5/h14-27H,12-13,28-29H2,1-11H3,(H,47,52)(H,48,53)(H,49,55)(H,50,56)(H,51,54)/t44-,45-/m1/s1. The average molecular weight is 863 g/mol. The molecule has 13 heteroatoms. The van der Waals surface area contributed by atoms with Gasteiger partial charge in [0.1, 0.15) is 33.3 Å². The second-order valence-electron chi connectivity index (χ2n) is 17.4. The zero-order valence-electron chi connectivity index (χ0n) is 35.6. The number of carbonyl (C=O) groups excluding carboxylic acids is 6. The van der Waals surface area contributed by atoms with Gasteiger partial charge in [-0.3, -0.25) is 24.0 Å². The van der Waals surface area contributed by atoms with Crippen LogP contribution in [0.1, 0.15) is 110 Å². The molecule has 2 atom stereocenters. The molecule has 0 aromatic heterocycles. The highest BCUT2D eigenvalue weighted by Crippen LogP contribution is 2.25. The van der Waals surface area contributed by atoms with Crippen LogP contribution in [0.3, 0.4) is 0 Å². The van der Waals surface area contributed by atoms with Crippen molar-refractivity contribution >= 4 is 51.4 Å². The number of amides is 5. The number of nitrogens with one attached hydrogen (secondary N) is 5. The van der Waals surface area contributed by atoms with E-state index < -0.39 is 68.8 Å². The highest BCUT2D eigenvalue weighted by Gasteiger charge is 2.47. The maximum Gasteiger partial charge on any atom is 0.331 e. The monoisotopic (exact) mass is 861 g/mol. The molecule has 0 aliphatic heterocycles. The summed E-state index contributed by atoms with van der Waals surface area (Å²) in [4.78, 5) is 83.7. The van der Waals surface area contributed by atoms with Crippen LogP contribution in [0.25, 0.3) is 0 Å². The van der Waals surface area contributed by atoms with Crippen LogP contribution in [0, 0.1) is 0 Å². The Hall–Kier alpha value is -5.04. The Morgan fingerprint density at radius 1 is 0.500 bits per heavy atom. The first kappa shape index (κ1) is 47.3. The van der Waals surface area contributed by atoms with Crippen LogP contribution in [-0.2, 0) is 41.6 Å². The van der Waals surface area contributed by atoms with Crippen LogP contribution in [-0.4, -0.2) is 68.8 Å². The van der Waals surface area contributed by atoms with E-state index >= 15 is 0 Å². The predicted molar refractivity (Wildman–Crippen MR) is 229 cm³/mol. The van der Waals surface area contributed by atoms with Gasteiger partial charge in [-0.1, -0.05) is 90.4 Å². The Morgan fingerprint density at radius 2 is 0.879 bits per heavy atom. The van der Waals surface area contributed by atoms with Crippen LogP contribution in [0.15, 0.2) is 89.4 Å². The lowest BCUT2D eigenvalue weighted by molar-refractivity contribution is -0.163. The third-order valence-electron chi connectivity index (χ3n) is 9.91. The molecule has 0 aliphatic rings. The predicted octanol–water partition coefficient (Wildman–Crippen LogP) is 6.10. The Balaban J connectivity index is 1.90. The van der Waals surface area contributed by atoms with Gasteiger partial charge < -0.3 is 31.3 Å². The van der Waals surface area contributed by atoms with E-state index in [2.05, 4.69) is 42.5 Å². The first-order valence-corrected chi connectivity index (χ1v) is 20.3. The molecular weight excluding hydrogens is 802 g/mol. The molecule has 0 heterocycles. The maximum atomic E-state index is 14.4. The van der Waals surface area contributed by atoms with Gasteiger partial charge in [0.15, 0.2) is 0 Å². The number of ether oxygens (including phenoxy) is 1. The molecule has 0 fully saturated rings. The first-order chi connectivity index (χ1) is 26.8. The van der Waals surface area contributed by atoms with Crippen molar-refractivity contribution in [2.24, 2.45) is 0 Å². The Labute approximate surface area is 351 Å². The normalized spacial score (nSPS) is 14.1. The summed E-state index contributed by atoms with van der Waals surface area (Å²) in [6.45, 7) is 17.8. The molecule has 3 aromatic carbocycles. The van der Waals surface area contributed by atoms with Gasteiger partial charge >= 0.3 is 5.97 Å². The minimum Gasteiger partial charge on any atom is -0.458 e. The van der Waals surface area contributed by atoms with Crippen molar-refractivity contribution in [1.82, 2.24) is 26.6 Å². The fourth-order valence-electron chi connectivity index (χ4n) is 6.08. The van der Waals surface area contributed by atoms with Crippen molar-refractivity contribution in [3.05, 3.63) is 106 Å². The summed E-state index contributed by atoms with van der Waals surface area (Å²) in [6, 6.07) is 25.1. The molecule has 0 aliphatic carbocycles. The summed E-state index contributed by atoms with van der Waals surface area (Å²) in [6.07, 6.45) is 0.526. The number of carbonyl (C=O) groups is 6. The summed E-state index contributed by atoms with van der Waals surface area (Å²) in [5.74, 6) is -3.69. The largest absolute Gasteiger partial charge is 0.458 e. The van der Waals surface area contributed by atoms with Crippen molar-refractivity contribution in [1.29, 1.82) is 0 Å². The van der Waals surface area contributed by atoms with Crippen molar-refractivity contribution in [3.63, 3.8) is 0 Å². The molecule has 0 radical (unpaired) electrons. The second-order valence-corrected chi connectivity index (χ2v) is 18.3. The van der Waals surface area contributed by atoms with Crippen LogP contribution in [0.2, 0.25) is 0 Å². The molecular formula is C45H60BrN5O7. The minimum atomic E-state index is -1.61. The lowest BCUT2D eigenvalue weighted by Crippen LogP contribution is -2.70. The SMILES string of the molecule is CC[C@](Cc1ccccc1)(NC(=O)c1ccc(Br)cc1)C(=O)NC(C)(C)C(=O)NC(C)(C)C(=O)N[C@](CC)(Cc1ccccc1)C(=O)NC(C)(C)C(=O)OC(C)(C)C. The molecule has 58 heavy (non-hydrogen) atoms. The topological polar surface area (TPSA) is 172 Å². The van der Waals surface area contributed by atoms with E-state index in [9.17, 15) is 28.8 Å². The van der Waals surface area contributed by atoms with E-state index in [-0.39, 0.29) is 25.7 Å². The number of hydrogen-bond donors (Lipinski definition) is 5. The fourth-order valence-corrected chi connectivity index (χ4v) is 6.34. The van der Waals surface area contributed by atoms with E-state index in [4.69, 9.17) is 4.74 Å². The highest BCUT2D eigenvalue weighted by atomic mass is 79.9. The van der Waals surface area contributed by atoms with E-state index in [1.165, 1.54) is 41.5 Å². The summed E-state index contributed by atoms with van der Waals surface area (Å²) in [7, 11) is 0. The van der Waals surface area contributed by atoms with Crippen molar-refractivity contribution < 1.29 is 33.5 Å².